The van der Waals surface area contributed by atoms with Gasteiger partial charge >= 0.3 is 0 Å². The van der Waals surface area contributed by atoms with Gasteiger partial charge in [-0.3, -0.25) is 4.79 Å². The van der Waals surface area contributed by atoms with Gasteiger partial charge in [0.25, 0.3) is 0 Å². The van der Waals surface area contributed by atoms with Gasteiger partial charge in [0.15, 0.2) is 0 Å². The average molecular weight is 654 g/mol. The first kappa shape index (κ1) is 23.3. The summed E-state index contributed by atoms with van der Waals surface area (Å²) in [5.74, 6) is 0.361. The monoisotopic (exact) mass is 650 g/mol. The summed E-state index contributed by atoms with van der Waals surface area (Å²) >= 11 is 13.7. The Morgan fingerprint density at radius 1 is 0.931 bits per heavy atom. The maximum atomic E-state index is 13.7. The van der Waals surface area contributed by atoms with Crippen molar-refractivity contribution >= 4 is 69.5 Å². The van der Waals surface area contributed by atoms with E-state index in [0.717, 1.165) is 24.0 Å². The summed E-state index contributed by atoms with van der Waals surface area (Å²) in [5, 5.41) is 20.3. The molecule has 3 atom stereocenters. The normalized spacial score (nSPS) is 24.9. The van der Waals surface area contributed by atoms with Crippen molar-refractivity contribution in [1.82, 2.24) is 0 Å². The van der Waals surface area contributed by atoms with E-state index in [-0.39, 0.29) is 35.0 Å². The molecule has 1 saturated carbocycles. The molecule has 0 heterocycles. The van der Waals surface area contributed by atoms with Gasteiger partial charge in [-0.1, -0.05) is 20.8 Å². The molecule has 3 rings (SSSR count). The minimum Gasteiger partial charge on any atom is -0.506 e. The molecule has 0 bridgehead atoms. The number of hydrogen-bond donors (Lipinski definition) is 2. The number of phenols is 2. The largest absolute Gasteiger partial charge is 0.506 e. The number of phenolic OH excluding ortho intramolecular Hbond substituents is 2. The number of carbonyl (C=O) groups excluding carboxylic acids is 1. The van der Waals surface area contributed by atoms with Crippen molar-refractivity contribution in [2.75, 3.05) is 0 Å². The highest BCUT2D eigenvalue weighted by Crippen LogP contribution is 2.53. The quantitative estimate of drug-likeness (QED) is 0.355. The second-order valence-corrected chi connectivity index (χ2v) is 11.7. The lowest BCUT2D eigenvalue weighted by Crippen LogP contribution is -2.44. The van der Waals surface area contributed by atoms with Crippen molar-refractivity contribution in [3.63, 3.8) is 0 Å². The van der Waals surface area contributed by atoms with Crippen molar-refractivity contribution in [1.29, 1.82) is 0 Å². The molecule has 29 heavy (non-hydrogen) atoms. The number of carbonyl (C=O) groups is 1. The van der Waals surface area contributed by atoms with Crippen molar-refractivity contribution in [3.8, 4) is 11.5 Å². The van der Waals surface area contributed by atoms with E-state index in [4.69, 9.17) is 0 Å². The van der Waals surface area contributed by atoms with Crippen LogP contribution in [0.1, 0.15) is 50.7 Å². The predicted molar refractivity (Wildman–Crippen MR) is 130 cm³/mol. The molecule has 0 saturated heterocycles. The molecule has 2 aromatic carbocycles. The highest BCUT2D eigenvalue weighted by Gasteiger charge is 2.48. The molecular weight excluding hydrogens is 632 g/mol. The topological polar surface area (TPSA) is 57.5 Å². The van der Waals surface area contributed by atoms with E-state index in [9.17, 15) is 15.0 Å². The summed E-state index contributed by atoms with van der Waals surface area (Å²) in [7, 11) is 0. The highest BCUT2D eigenvalue weighted by atomic mass is 79.9. The summed E-state index contributed by atoms with van der Waals surface area (Å²) in [6.45, 7) is 6.31. The molecule has 2 aromatic rings. The Bertz CT molecular complexity index is 927. The number of halogens is 4. The third kappa shape index (κ3) is 4.21. The molecule has 0 aliphatic heterocycles. The number of ketones is 1. The van der Waals surface area contributed by atoms with Crippen molar-refractivity contribution < 1.29 is 15.0 Å². The molecule has 1 fully saturated rings. The van der Waals surface area contributed by atoms with Gasteiger partial charge in [-0.05, 0) is 118 Å². The van der Waals surface area contributed by atoms with Gasteiger partial charge in [0.1, 0.15) is 17.3 Å². The summed E-state index contributed by atoms with van der Waals surface area (Å²) in [6.07, 6.45) is 1.66. The second kappa shape index (κ2) is 8.64. The van der Waals surface area contributed by atoms with Gasteiger partial charge in [0, 0.05) is 11.3 Å². The number of hydrogen-bond acceptors (Lipinski definition) is 3. The van der Waals surface area contributed by atoms with Gasteiger partial charge in [-0.15, -0.1) is 0 Å². The van der Waals surface area contributed by atoms with E-state index in [1.807, 2.05) is 24.3 Å². The maximum Gasteiger partial charge on any atom is 0.144 e. The van der Waals surface area contributed by atoms with Crippen molar-refractivity contribution in [2.24, 2.45) is 11.8 Å². The van der Waals surface area contributed by atoms with E-state index in [2.05, 4.69) is 84.5 Å². The van der Waals surface area contributed by atoms with E-state index in [0.29, 0.717) is 17.9 Å². The maximum absolute atomic E-state index is 13.7. The molecule has 2 N–H and O–H groups in total. The van der Waals surface area contributed by atoms with Crippen LogP contribution in [0.4, 0.5) is 0 Å². The summed E-state index contributed by atoms with van der Waals surface area (Å²) < 4.78 is 2.29. The zero-order valence-electron chi connectivity index (χ0n) is 16.3. The van der Waals surface area contributed by atoms with Gasteiger partial charge < -0.3 is 10.2 Å². The average Bonchev–Trinajstić information content (AvgIpc) is 2.63. The predicted octanol–water partition coefficient (Wildman–Crippen LogP) is 7.82. The van der Waals surface area contributed by atoms with Gasteiger partial charge in [-0.25, -0.2) is 0 Å². The summed E-state index contributed by atoms with van der Waals surface area (Å²) in [5.41, 5.74) is 1.38. The molecule has 0 amide bonds. The van der Waals surface area contributed by atoms with Gasteiger partial charge in [-0.2, -0.15) is 0 Å². The lowest BCUT2D eigenvalue weighted by atomic mass is 9.57. The number of benzene rings is 2. The van der Waals surface area contributed by atoms with Crippen LogP contribution in [0, 0.1) is 11.8 Å². The molecule has 1 aliphatic carbocycles. The van der Waals surface area contributed by atoms with Gasteiger partial charge in [0.2, 0.25) is 0 Å². The number of Topliss-reactive ketones (excluding diaryl/α,β-unsaturated/α-hetero) is 1. The first-order chi connectivity index (χ1) is 13.5. The first-order valence-corrected chi connectivity index (χ1v) is 12.5. The molecule has 0 spiro atoms. The minimum atomic E-state index is -0.461. The molecule has 7 heteroatoms. The van der Waals surface area contributed by atoms with Crippen LogP contribution in [-0.4, -0.2) is 16.0 Å². The molecule has 156 valence electrons. The number of rotatable bonds is 3. The third-order valence-electron chi connectivity index (χ3n) is 6.12. The Hall–Kier alpha value is -0.370. The Morgan fingerprint density at radius 2 is 1.38 bits per heavy atom. The smallest absolute Gasteiger partial charge is 0.144 e. The molecule has 0 radical (unpaired) electrons. The fourth-order valence-corrected chi connectivity index (χ4v) is 6.83. The Balaban J connectivity index is 2.23. The Kier molecular flexibility index (Phi) is 6.94. The molecule has 0 aromatic heterocycles. The van der Waals surface area contributed by atoms with Gasteiger partial charge in [0.05, 0.1) is 23.8 Å². The molecule has 3 unspecified atom stereocenters. The lowest BCUT2D eigenvalue weighted by molar-refractivity contribution is -0.130. The van der Waals surface area contributed by atoms with Crippen LogP contribution in [0.2, 0.25) is 0 Å². The van der Waals surface area contributed by atoms with Crippen LogP contribution >= 0.6 is 63.7 Å². The molecular formula is C22H22Br4O3. The van der Waals surface area contributed by atoms with Crippen LogP contribution in [0.5, 0.6) is 11.5 Å². The molecule has 1 aliphatic rings. The fraction of sp³-hybridized carbons (Fsp3) is 0.409. The first-order valence-electron chi connectivity index (χ1n) is 9.37. The molecule has 3 nitrogen and oxygen atoms in total. The fourth-order valence-electron chi connectivity index (χ4n) is 4.42. The van der Waals surface area contributed by atoms with Crippen molar-refractivity contribution in [3.05, 3.63) is 53.3 Å². The Labute approximate surface area is 204 Å². The standard InChI is InChI=1S/C22H22Br4O3/c1-10(2)13-4-5-22(3,12-8-16(25)21(29)17(26)9-12)18(19(13)27)11-6-14(23)20(28)15(24)7-11/h6-10,13,18,28-29H,4-5H2,1-3H3. The van der Waals surface area contributed by atoms with E-state index >= 15 is 0 Å². The van der Waals surface area contributed by atoms with Crippen LogP contribution in [-0.2, 0) is 10.2 Å². The van der Waals surface area contributed by atoms with Crippen LogP contribution in [0.15, 0.2) is 42.2 Å². The summed E-state index contributed by atoms with van der Waals surface area (Å²) in [4.78, 5) is 13.7. The lowest BCUT2D eigenvalue weighted by Gasteiger charge is -2.45. The summed E-state index contributed by atoms with van der Waals surface area (Å²) in [6, 6.07) is 7.49. The second-order valence-electron chi connectivity index (χ2n) is 8.26. The zero-order chi connectivity index (χ0) is 21.7. The van der Waals surface area contributed by atoms with Crippen LogP contribution < -0.4 is 0 Å². The van der Waals surface area contributed by atoms with E-state index in [1.54, 1.807) is 0 Å². The Morgan fingerprint density at radius 3 is 1.83 bits per heavy atom. The van der Waals surface area contributed by atoms with Crippen LogP contribution in [0.25, 0.3) is 0 Å². The van der Waals surface area contributed by atoms with Crippen molar-refractivity contribution in [2.45, 2.75) is 44.9 Å². The third-order valence-corrected chi connectivity index (χ3v) is 8.53. The minimum absolute atomic E-state index is 0.0107. The van der Waals surface area contributed by atoms with E-state index in [1.165, 1.54) is 0 Å². The SMILES string of the molecule is CC(C)C1CCC(C)(c2cc(Br)c(O)c(Br)c2)C(c2cc(Br)c(O)c(Br)c2)C1=O. The number of aromatic hydroxyl groups is 2. The zero-order valence-corrected chi connectivity index (χ0v) is 22.6. The highest BCUT2D eigenvalue weighted by molar-refractivity contribution is 9.11. The van der Waals surface area contributed by atoms with E-state index < -0.39 is 5.41 Å². The van der Waals surface area contributed by atoms with Crippen LogP contribution in [0.3, 0.4) is 0 Å².